The minimum Gasteiger partial charge on any atom is -0.545 e. The molecule has 0 aliphatic carbocycles. The molecule has 24 heavy (non-hydrogen) atoms. The highest BCUT2D eigenvalue weighted by molar-refractivity contribution is 6.07. The van der Waals surface area contributed by atoms with Crippen LogP contribution in [0.25, 0.3) is 11.1 Å². The van der Waals surface area contributed by atoms with E-state index in [1.807, 2.05) is 0 Å². The third kappa shape index (κ3) is 2.93. The number of carbonyl (C=O) groups excluding carboxylic acids is 2. The molecular weight excluding hydrogens is 320 g/mol. The van der Waals surface area contributed by atoms with Crippen molar-refractivity contribution in [3.63, 3.8) is 0 Å². The van der Waals surface area contributed by atoms with Gasteiger partial charge in [0.25, 0.3) is 0 Å². The maximum absolute atomic E-state index is 11.4. The SMILES string of the molecule is O=C([O-])c1cc(-c2cccc(C(=O)[O-])c2C(=O)O)ccc1C(=O)O. The number of carbonyl (C=O) groups is 4. The first-order valence-corrected chi connectivity index (χ1v) is 6.40. The summed E-state index contributed by atoms with van der Waals surface area (Å²) in [5, 5.41) is 40.4. The quantitative estimate of drug-likeness (QED) is 0.742. The van der Waals surface area contributed by atoms with Gasteiger partial charge in [0.1, 0.15) is 0 Å². The van der Waals surface area contributed by atoms with Crippen LogP contribution in [0.15, 0.2) is 36.4 Å². The summed E-state index contributed by atoms with van der Waals surface area (Å²) in [4.78, 5) is 44.6. The van der Waals surface area contributed by atoms with Gasteiger partial charge in [0, 0.05) is 11.1 Å². The molecule has 0 aromatic heterocycles. The van der Waals surface area contributed by atoms with E-state index in [4.69, 9.17) is 5.11 Å². The van der Waals surface area contributed by atoms with Gasteiger partial charge in [-0.25, -0.2) is 9.59 Å². The Bertz CT molecular complexity index is 882. The molecule has 0 spiro atoms. The molecular formula is C16H8O8-2. The first-order chi connectivity index (χ1) is 11.2. The zero-order valence-electron chi connectivity index (χ0n) is 11.8. The molecule has 2 N–H and O–H groups in total. The second-order valence-electron chi connectivity index (χ2n) is 4.67. The molecule has 2 aromatic carbocycles. The third-order valence-electron chi connectivity index (χ3n) is 3.28. The zero-order chi connectivity index (χ0) is 18.0. The summed E-state index contributed by atoms with van der Waals surface area (Å²) in [6.45, 7) is 0. The van der Waals surface area contributed by atoms with Crippen molar-refractivity contribution in [1.82, 2.24) is 0 Å². The number of rotatable bonds is 5. The van der Waals surface area contributed by atoms with Crippen LogP contribution in [0.2, 0.25) is 0 Å². The van der Waals surface area contributed by atoms with Crippen molar-refractivity contribution in [1.29, 1.82) is 0 Å². The van der Waals surface area contributed by atoms with Gasteiger partial charge < -0.3 is 30.0 Å². The van der Waals surface area contributed by atoms with Crippen molar-refractivity contribution >= 4 is 23.9 Å². The van der Waals surface area contributed by atoms with Gasteiger partial charge >= 0.3 is 11.9 Å². The Morgan fingerprint density at radius 3 is 1.88 bits per heavy atom. The lowest BCUT2D eigenvalue weighted by Gasteiger charge is -2.14. The molecule has 0 saturated carbocycles. The van der Waals surface area contributed by atoms with Gasteiger partial charge in [-0.15, -0.1) is 0 Å². The van der Waals surface area contributed by atoms with Crippen LogP contribution in [0, 0.1) is 0 Å². The number of aromatic carboxylic acids is 4. The van der Waals surface area contributed by atoms with Gasteiger partial charge in [-0.2, -0.15) is 0 Å². The Kier molecular flexibility index (Phi) is 4.32. The number of hydrogen-bond acceptors (Lipinski definition) is 6. The molecule has 8 nitrogen and oxygen atoms in total. The molecule has 0 aliphatic rings. The summed E-state index contributed by atoms with van der Waals surface area (Å²) >= 11 is 0. The smallest absolute Gasteiger partial charge is 0.336 e. The van der Waals surface area contributed by atoms with Gasteiger partial charge in [0.05, 0.1) is 23.1 Å². The molecule has 8 heteroatoms. The van der Waals surface area contributed by atoms with E-state index in [0.29, 0.717) is 0 Å². The first-order valence-electron chi connectivity index (χ1n) is 6.40. The third-order valence-corrected chi connectivity index (χ3v) is 3.28. The van der Waals surface area contributed by atoms with E-state index in [9.17, 15) is 34.5 Å². The molecule has 0 atom stereocenters. The van der Waals surface area contributed by atoms with Crippen LogP contribution in [-0.2, 0) is 0 Å². The predicted molar refractivity (Wildman–Crippen MR) is 74.5 cm³/mol. The molecule has 0 amide bonds. The first kappa shape index (κ1) is 16.7. The van der Waals surface area contributed by atoms with Gasteiger partial charge in [0.15, 0.2) is 0 Å². The predicted octanol–water partition coefficient (Wildman–Crippen LogP) is -0.523. The molecule has 0 bridgehead atoms. The normalized spacial score (nSPS) is 10.2. The van der Waals surface area contributed by atoms with E-state index in [-0.39, 0.29) is 11.1 Å². The lowest BCUT2D eigenvalue weighted by atomic mass is 9.93. The van der Waals surface area contributed by atoms with Crippen LogP contribution < -0.4 is 10.2 Å². The fourth-order valence-electron chi connectivity index (χ4n) is 2.26. The van der Waals surface area contributed by atoms with Crippen LogP contribution >= 0.6 is 0 Å². The topological polar surface area (TPSA) is 155 Å². The second kappa shape index (κ2) is 6.21. The maximum Gasteiger partial charge on any atom is 0.336 e. The fourth-order valence-corrected chi connectivity index (χ4v) is 2.26. The minimum atomic E-state index is -1.76. The van der Waals surface area contributed by atoms with Crippen LogP contribution in [0.4, 0.5) is 0 Å². The van der Waals surface area contributed by atoms with Crippen LogP contribution in [0.3, 0.4) is 0 Å². The van der Waals surface area contributed by atoms with Gasteiger partial charge in [-0.1, -0.05) is 24.3 Å². The monoisotopic (exact) mass is 328 g/mol. The lowest BCUT2D eigenvalue weighted by molar-refractivity contribution is -0.256. The van der Waals surface area contributed by atoms with Gasteiger partial charge in [-0.3, -0.25) is 0 Å². The van der Waals surface area contributed by atoms with Gasteiger partial charge in [0.2, 0.25) is 0 Å². The number of hydrogen-bond donors (Lipinski definition) is 2. The van der Waals surface area contributed by atoms with E-state index >= 15 is 0 Å². The average Bonchev–Trinajstić information content (AvgIpc) is 2.53. The summed E-state index contributed by atoms with van der Waals surface area (Å²) in [6.07, 6.45) is 0. The van der Waals surface area contributed by atoms with E-state index in [1.165, 1.54) is 18.2 Å². The Morgan fingerprint density at radius 1 is 0.750 bits per heavy atom. The van der Waals surface area contributed by atoms with E-state index in [2.05, 4.69) is 0 Å². The Hall–Kier alpha value is -3.68. The van der Waals surface area contributed by atoms with Crippen molar-refractivity contribution in [2.45, 2.75) is 0 Å². The molecule has 0 radical (unpaired) electrons. The average molecular weight is 328 g/mol. The van der Waals surface area contributed by atoms with Crippen molar-refractivity contribution in [2.75, 3.05) is 0 Å². The van der Waals surface area contributed by atoms with Crippen LogP contribution in [-0.4, -0.2) is 34.1 Å². The zero-order valence-corrected chi connectivity index (χ0v) is 11.8. The summed E-state index contributed by atoms with van der Waals surface area (Å²) < 4.78 is 0. The van der Waals surface area contributed by atoms with Crippen LogP contribution in [0.1, 0.15) is 41.4 Å². The molecule has 0 unspecified atom stereocenters. The fraction of sp³-hybridized carbons (Fsp3) is 0. The number of carboxylic acids is 4. The Morgan fingerprint density at radius 2 is 1.38 bits per heavy atom. The highest BCUT2D eigenvalue weighted by Gasteiger charge is 2.19. The van der Waals surface area contributed by atoms with Crippen molar-refractivity contribution in [3.05, 3.63) is 58.7 Å². The van der Waals surface area contributed by atoms with E-state index in [0.717, 1.165) is 18.2 Å². The molecule has 2 rings (SSSR count). The number of benzene rings is 2. The highest BCUT2D eigenvalue weighted by Crippen LogP contribution is 2.28. The molecule has 0 heterocycles. The number of carboxylic acid groups (broad SMARTS) is 4. The molecule has 122 valence electrons. The summed E-state index contributed by atoms with van der Waals surface area (Å²) in [5.41, 5.74) is -2.45. The molecule has 0 saturated heterocycles. The van der Waals surface area contributed by atoms with E-state index in [1.54, 1.807) is 0 Å². The Labute approximate surface area is 134 Å². The second-order valence-corrected chi connectivity index (χ2v) is 4.67. The summed E-state index contributed by atoms with van der Waals surface area (Å²) in [6, 6.07) is 6.63. The maximum atomic E-state index is 11.4. The largest absolute Gasteiger partial charge is 0.545 e. The standard InChI is InChI=1S/C16H10O8/c17-13(18)9-5-4-7(6-11(9)15(21)22)8-2-1-3-10(14(19)20)12(8)16(23)24/h1-6H,(H,17,18)(H,19,20)(H,21,22)(H,23,24)/p-2. The Balaban J connectivity index is 2.78. The minimum absolute atomic E-state index is 0.0136. The van der Waals surface area contributed by atoms with Crippen LogP contribution in [0.5, 0.6) is 0 Å². The summed E-state index contributed by atoms with van der Waals surface area (Å²) in [7, 11) is 0. The van der Waals surface area contributed by atoms with Gasteiger partial charge in [-0.05, 0) is 23.3 Å². The van der Waals surface area contributed by atoms with Crippen molar-refractivity contribution in [3.8, 4) is 11.1 Å². The summed E-state index contributed by atoms with van der Waals surface area (Å²) in [5.74, 6) is -6.52. The van der Waals surface area contributed by atoms with Crippen molar-refractivity contribution in [2.24, 2.45) is 0 Å². The molecule has 0 aliphatic heterocycles. The molecule has 2 aromatic rings. The van der Waals surface area contributed by atoms with E-state index < -0.39 is 46.1 Å². The lowest BCUT2D eigenvalue weighted by Crippen LogP contribution is -2.26. The highest BCUT2D eigenvalue weighted by atomic mass is 16.4. The van der Waals surface area contributed by atoms with Crippen molar-refractivity contribution < 1.29 is 39.6 Å². The molecule has 0 fully saturated rings.